The lowest BCUT2D eigenvalue weighted by atomic mass is 10.1. The zero-order valence-corrected chi connectivity index (χ0v) is 11.7. The van der Waals surface area contributed by atoms with E-state index in [1.807, 2.05) is 0 Å². The Labute approximate surface area is 121 Å². The van der Waals surface area contributed by atoms with E-state index in [0.717, 1.165) is 0 Å². The first-order valence-corrected chi connectivity index (χ1v) is 6.35. The molecule has 0 aliphatic carbocycles. The highest BCUT2D eigenvalue weighted by atomic mass is 16.2. The van der Waals surface area contributed by atoms with Crippen molar-refractivity contribution in [2.75, 3.05) is 10.6 Å². The molecule has 0 unspecified atom stereocenters. The minimum absolute atomic E-state index is 0.0295. The van der Waals surface area contributed by atoms with E-state index in [2.05, 4.69) is 15.6 Å². The van der Waals surface area contributed by atoms with Crippen LogP contribution in [-0.2, 0) is 4.79 Å². The number of aromatic nitrogens is 1. The minimum atomic E-state index is -0.500. The third-order valence-corrected chi connectivity index (χ3v) is 2.96. The summed E-state index contributed by atoms with van der Waals surface area (Å²) < 4.78 is 0. The van der Waals surface area contributed by atoms with Crippen molar-refractivity contribution >= 4 is 23.2 Å². The molecule has 0 bridgehead atoms. The average molecular weight is 285 g/mol. The fraction of sp³-hybridized carbons (Fsp3) is 0.133. The number of anilines is 2. The maximum Gasteiger partial charge on any atom is 0.261 e. The molecule has 1 heterocycles. The molecule has 0 atom stereocenters. The Bertz CT molecular complexity index is 750. The van der Waals surface area contributed by atoms with Gasteiger partial charge in [-0.1, -0.05) is 6.07 Å². The normalized spacial score (nSPS) is 10.0. The van der Waals surface area contributed by atoms with Gasteiger partial charge in [0.15, 0.2) is 0 Å². The molecule has 0 saturated carbocycles. The highest BCUT2D eigenvalue weighted by Gasteiger charge is 2.12. The number of rotatable bonds is 3. The summed E-state index contributed by atoms with van der Waals surface area (Å²) in [7, 11) is 0. The molecular weight excluding hydrogens is 270 g/mol. The van der Waals surface area contributed by atoms with Crippen molar-refractivity contribution in [3.63, 3.8) is 0 Å². The Morgan fingerprint density at radius 2 is 1.71 bits per heavy atom. The lowest BCUT2D eigenvalue weighted by Crippen LogP contribution is -2.23. The summed E-state index contributed by atoms with van der Waals surface area (Å²) in [5.74, 6) is -0.694. The van der Waals surface area contributed by atoms with Crippen LogP contribution in [-0.4, -0.2) is 16.8 Å². The van der Waals surface area contributed by atoms with Crippen LogP contribution in [0.3, 0.4) is 0 Å². The Morgan fingerprint density at radius 1 is 1.05 bits per heavy atom. The van der Waals surface area contributed by atoms with Gasteiger partial charge in [-0.15, -0.1) is 0 Å². The second-order valence-electron chi connectivity index (χ2n) is 4.53. The van der Waals surface area contributed by atoms with Gasteiger partial charge in [-0.05, 0) is 36.8 Å². The molecule has 0 fully saturated rings. The van der Waals surface area contributed by atoms with Crippen molar-refractivity contribution in [1.82, 2.24) is 4.98 Å². The quantitative estimate of drug-likeness (QED) is 0.804. The Hall–Kier alpha value is -2.89. The van der Waals surface area contributed by atoms with Gasteiger partial charge in [0.2, 0.25) is 5.91 Å². The van der Waals surface area contributed by atoms with Crippen LogP contribution in [0, 0.1) is 6.92 Å². The van der Waals surface area contributed by atoms with E-state index in [9.17, 15) is 14.4 Å². The van der Waals surface area contributed by atoms with Gasteiger partial charge in [0.05, 0.1) is 0 Å². The zero-order chi connectivity index (χ0) is 15.4. The molecule has 3 N–H and O–H groups in total. The summed E-state index contributed by atoms with van der Waals surface area (Å²) >= 11 is 0. The summed E-state index contributed by atoms with van der Waals surface area (Å²) in [6.45, 7) is 3.18. The van der Waals surface area contributed by atoms with Crippen LogP contribution < -0.4 is 16.2 Å². The molecule has 0 aliphatic heterocycles. The maximum atomic E-state index is 12.1. The highest BCUT2D eigenvalue weighted by Crippen LogP contribution is 2.23. The van der Waals surface area contributed by atoms with Gasteiger partial charge in [0.1, 0.15) is 5.56 Å². The third kappa shape index (κ3) is 3.36. The summed E-state index contributed by atoms with van der Waals surface area (Å²) in [5.41, 5.74) is 1.44. The number of carbonyl (C=O) groups is 2. The van der Waals surface area contributed by atoms with Gasteiger partial charge in [-0.2, -0.15) is 0 Å². The minimum Gasteiger partial charge on any atom is -0.328 e. The number of H-pyrrole nitrogens is 1. The first kappa shape index (κ1) is 14.5. The van der Waals surface area contributed by atoms with E-state index in [1.54, 1.807) is 31.2 Å². The van der Waals surface area contributed by atoms with Gasteiger partial charge in [0.25, 0.3) is 11.5 Å². The molecule has 1 aromatic carbocycles. The number of aromatic amines is 1. The predicted molar refractivity (Wildman–Crippen MR) is 80.5 cm³/mol. The van der Waals surface area contributed by atoms with Crippen LogP contribution in [0.2, 0.25) is 0 Å². The molecule has 2 amide bonds. The Kier molecular flexibility index (Phi) is 4.18. The van der Waals surface area contributed by atoms with Crippen LogP contribution in [0.1, 0.15) is 22.8 Å². The van der Waals surface area contributed by atoms with Gasteiger partial charge < -0.3 is 15.6 Å². The van der Waals surface area contributed by atoms with E-state index in [4.69, 9.17) is 0 Å². The molecule has 0 radical (unpaired) electrons. The number of carbonyl (C=O) groups excluding carboxylic acids is 2. The lowest BCUT2D eigenvalue weighted by Gasteiger charge is -2.12. The summed E-state index contributed by atoms with van der Waals surface area (Å²) in [5, 5.41) is 5.35. The van der Waals surface area contributed by atoms with E-state index in [1.165, 1.54) is 19.2 Å². The molecule has 0 aliphatic rings. The Balaban J connectivity index is 2.28. The molecule has 2 rings (SSSR count). The van der Waals surface area contributed by atoms with E-state index in [-0.39, 0.29) is 11.5 Å². The molecule has 6 nitrogen and oxygen atoms in total. The van der Waals surface area contributed by atoms with E-state index in [0.29, 0.717) is 16.9 Å². The molecule has 6 heteroatoms. The molecule has 108 valence electrons. The Morgan fingerprint density at radius 3 is 2.33 bits per heavy atom. The van der Waals surface area contributed by atoms with Gasteiger partial charge >= 0.3 is 0 Å². The first-order valence-electron chi connectivity index (χ1n) is 6.35. The number of hydrogen-bond acceptors (Lipinski definition) is 3. The first-order chi connectivity index (χ1) is 9.99. The van der Waals surface area contributed by atoms with Crippen molar-refractivity contribution in [2.45, 2.75) is 13.8 Å². The smallest absolute Gasteiger partial charge is 0.261 e. The molecule has 21 heavy (non-hydrogen) atoms. The summed E-state index contributed by atoms with van der Waals surface area (Å²) in [6, 6.07) is 8.18. The SMILES string of the molecule is CC(=O)Nc1cccc(NC(=O)c2ccc[nH]c2=O)c1C. The van der Waals surface area contributed by atoms with Crippen LogP contribution in [0.4, 0.5) is 11.4 Å². The maximum absolute atomic E-state index is 12.1. The fourth-order valence-electron chi connectivity index (χ4n) is 1.89. The van der Waals surface area contributed by atoms with Crippen molar-refractivity contribution in [3.8, 4) is 0 Å². The molecule has 0 spiro atoms. The third-order valence-electron chi connectivity index (χ3n) is 2.96. The topological polar surface area (TPSA) is 91.1 Å². The second kappa shape index (κ2) is 6.04. The lowest BCUT2D eigenvalue weighted by molar-refractivity contribution is -0.114. The number of nitrogens with one attached hydrogen (secondary N) is 3. The van der Waals surface area contributed by atoms with Crippen LogP contribution in [0.25, 0.3) is 0 Å². The zero-order valence-electron chi connectivity index (χ0n) is 11.7. The number of hydrogen-bond donors (Lipinski definition) is 3. The van der Waals surface area contributed by atoms with E-state index >= 15 is 0 Å². The summed E-state index contributed by atoms with van der Waals surface area (Å²) in [6.07, 6.45) is 1.46. The summed E-state index contributed by atoms with van der Waals surface area (Å²) in [4.78, 5) is 37.2. The molecule has 1 aromatic heterocycles. The number of benzene rings is 1. The van der Waals surface area contributed by atoms with E-state index < -0.39 is 11.5 Å². The van der Waals surface area contributed by atoms with Crippen molar-refractivity contribution in [1.29, 1.82) is 0 Å². The highest BCUT2D eigenvalue weighted by molar-refractivity contribution is 6.05. The van der Waals surface area contributed by atoms with Crippen molar-refractivity contribution < 1.29 is 9.59 Å². The molecular formula is C15H15N3O3. The standard InChI is InChI=1S/C15H15N3O3/c1-9-12(17-10(2)19)6-3-7-13(9)18-15(21)11-5-4-8-16-14(11)20/h3-8H,1-2H3,(H,16,20)(H,17,19)(H,18,21). The largest absolute Gasteiger partial charge is 0.328 e. The molecule has 2 aromatic rings. The van der Waals surface area contributed by atoms with Crippen LogP contribution in [0.5, 0.6) is 0 Å². The van der Waals surface area contributed by atoms with Crippen molar-refractivity contribution in [2.24, 2.45) is 0 Å². The fourth-order valence-corrected chi connectivity index (χ4v) is 1.89. The average Bonchev–Trinajstić information content (AvgIpc) is 2.43. The predicted octanol–water partition coefficient (Wildman–Crippen LogP) is 1.89. The van der Waals surface area contributed by atoms with Gasteiger partial charge in [-0.25, -0.2) is 0 Å². The number of pyridine rings is 1. The van der Waals surface area contributed by atoms with Crippen LogP contribution in [0.15, 0.2) is 41.3 Å². The van der Waals surface area contributed by atoms with Crippen molar-refractivity contribution in [3.05, 3.63) is 58.0 Å². The monoisotopic (exact) mass is 285 g/mol. The second-order valence-corrected chi connectivity index (χ2v) is 4.53. The van der Waals surface area contributed by atoms with Crippen LogP contribution >= 0.6 is 0 Å². The van der Waals surface area contributed by atoms with Gasteiger partial charge in [-0.3, -0.25) is 14.4 Å². The van der Waals surface area contributed by atoms with Gasteiger partial charge in [0, 0.05) is 24.5 Å². The number of amides is 2. The molecule has 0 saturated heterocycles.